The molecule has 1 heterocycles. The van der Waals surface area contributed by atoms with Crippen LogP contribution in [0.4, 0.5) is 0 Å². The van der Waals surface area contributed by atoms with Crippen molar-refractivity contribution >= 4 is 11.8 Å². The number of hydrogen-bond acceptors (Lipinski definition) is 3. The molecular formula is C9H17N3O2. The van der Waals surface area contributed by atoms with Crippen LogP contribution in [0.2, 0.25) is 0 Å². The van der Waals surface area contributed by atoms with Crippen molar-refractivity contribution in [1.82, 2.24) is 10.6 Å². The Morgan fingerprint density at radius 1 is 1.79 bits per heavy atom. The molecule has 0 aliphatic carbocycles. The van der Waals surface area contributed by atoms with E-state index in [0.29, 0.717) is 19.4 Å². The summed E-state index contributed by atoms with van der Waals surface area (Å²) in [4.78, 5) is 22.4. The third kappa shape index (κ3) is 2.45. The van der Waals surface area contributed by atoms with Crippen LogP contribution in [0.5, 0.6) is 0 Å². The Balaban J connectivity index is 2.45. The van der Waals surface area contributed by atoms with Crippen LogP contribution in [0.3, 0.4) is 0 Å². The zero-order chi connectivity index (χ0) is 10.8. The van der Waals surface area contributed by atoms with Gasteiger partial charge in [-0.05, 0) is 13.3 Å². The molecule has 0 radical (unpaired) electrons. The van der Waals surface area contributed by atoms with Crippen LogP contribution < -0.4 is 16.4 Å². The van der Waals surface area contributed by atoms with Gasteiger partial charge in [0.2, 0.25) is 11.8 Å². The van der Waals surface area contributed by atoms with E-state index in [9.17, 15) is 9.59 Å². The normalized spacial score (nSPS) is 25.4. The van der Waals surface area contributed by atoms with E-state index in [2.05, 4.69) is 10.6 Å². The molecule has 0 spiro atoms. The monoisotopic (exact) mass is 199 g/mol. The van der Waals surface area contributed by atoms with Crippen molar-refractivity contribution < 1.29 is 9.59 Å². The molecule has 1 rings (SSSR count). The number of hydrogen-bond donors (Lipinski definition) is 3. The summed E-state index contributed by atoms with van der Waals surface area (Å²) >= 11 is 0. The molecule has 1 aliphatic rings. The summed E-state index contributed by atoms with van der Waals surface area (Å²) in [5.41, 5.74) is 4.91. The molecule has 5 nitrogen and oxygen atoms in total. The van der Waals surface area contributed by atoms with Gasteiger partial charge in [0.15, 0.2) is 0 Å². The van der Waals surface area contributed by atoms with Gasteiger partial charge >= 0.3 is 0 Å². The lowest BCUT2D eigenvalue weighted by Crippen LogP contribution is -2.54. The van der Waals surface area contributed by atoms with Gasteiger partial charge in [0.25, 0.3) is 0 Å². The lowest BCUT2D eigenvalue weighted by atomic mass is 9.99. The summed E-state index contributed by atoms with van der Waals surface area (Å²) in [5.74, 6) is -0.216. The molecule has 1 fully saturated rings. The maximum atomic E-state index is 11.6. The summed E-state index contributed by atoms with van der Waals surface area (Å²) in [5, 5.41) is 5.40. The molecule has 2 atom stereocenters. The first-order valence-corrected chi connectivity index (χ1v) is 4.82. The zero-order valence-corrected chi connectivity index (χ0v) is 8.59. The molecule has 1 saturated heterocycles. The van der Waals surface area contributed by atoms with Gasteiger partial charge in [-0.15, -0.1) is 0 Å². The average molecular weight is 199 g/mol. The minimum absolute atomic E-state index is 0.0227. The summed E-state index contributed by atoms with van der Waals surface area (Å²) in [6, 6.07) is -0.107. The Kier molecular flexibility index (Phi) is 3.10. The second-order valence-corrected chi connectivity index (χ2v) is 3.95. The molecule has 2 unspecified atom stereocenters. The third-order valence-corrected chi connectivity index (χ3v) is 2.57. The lowest BCUT2D eigenvalue weighted by molar-refractivity contribution is -0.126. The number of nitrogens with two attached hydrogens (primary N) is 1. The van der Waals surface area contributed by atoms with Crippen LogP contribution in [0.25, 0.3) is 0 Å². The van der Waals surface area contributed by atoms with Crippen LogP contribution in [-0.4, -0.2) is 29.9 Å². The van der Waals surface area contributed by atoms with E-state index in [1.165, 1.54) is 0 Å². The fourth-order valence-electron chi connectivity index (χ4n) is 1.22. The van der Waals surface area contributed by atoms with Crippen molar-refractivity contribution in [2.24, 2.45) is 5.73 Å². The van der Waals surface area contributed by atoms with Crippen LogP contribution >= 0.6 is 0 Å². The maximum absolute atomic E-state index is 11.6. The van der Waals surface area contributed by atoms with Gasteiger partial charge in [0.1, 0.15) is 0 Å². The summed E-state index contributed by atoms with van der Waals surface area (Å²) < 4.78 is 0. The Morgan fingerprint density at radius 3 is 2.86 bits per heavy atom. The second-order valence-electron chi connectivity index (χ2n) is 3.95. The van der Waals surface area contributed by atoms with E-state index in [4.69, 9.17) is 5.73 Å². The van der Waals surface area contributed by atoms with E-state index in [-0.39, 0.29) is 17.9 Å². The molecule has 0 bridgehead atoms. The molecule has 1 aliphatic heterocycles. The molecule has 14 heavy (non-hydrogen) atoms. The first-order valence-electron chi connectivity index (χ1n) is 4.82. The summed E-state index contributed by atoms with van der Waals surface area (Å²) in [6.45, 7) is 4.05. The van der Waals surface area contributed by atoms with Crippen molar-refractivity contribution in [2.45, 2.75) is 38.3 Å². The van der Waals surface area contributed by atoms with Crippen LogP contribution in [-0.2, 0) is 9.59 Å². The van der Waals surface area contributed by atoms with Gasteiger partial charge in [0.05, 0.1) is 11.6 Å². The van der Waals surface area contributed by atoms with Gasteiger partial charge in [-0.3, -0.25) is 9.59 Å². The van der Waals surface area contributed by atoms with Crippen molar-refractivity contribution in [3.63, 3.8) is 0 Å². The zero-order valence-electron chi connectivity index (χ0n) is 8.59. The van der Waals surface area contributed by atoms with Gasteiger partial charge in [-0.2, -0.15) is 0 Å². The molecule has 80 valence electrons. The fourth-order valence-corrected chi connectivity index (χ4v) is 1.22. The highest BCUT2D eigenvalue weighted by Crippen LogP contribution is 2.07. The SMILES string of the molecule is CCC(C)(N)C(=O)NC1CNC(=O)C1. The topological polar surface area (TPSA) is 84.2 Å². The highest BCUT2D eigenvalue weighted by molar-refractivity contribution is 5.87. The highest BCUT2D eigenvalue weighted by atomic mass is 16.2. The smallest absolute Gasteiger partial charge is 0.240 e. The summed E-state index contributed by atoms with van der Waals surface area (Å²) in [7, 11) is 0. The van der Waals surface area contributed by atoms with Crippen molar-refractivity contribution in [1.29, 1.82) is 0 Å². The maximum Gasteiger partial charge on any atom is 0.240 e. The molecule has 0 aromatic carbocycles. The van der Waals surface area contributed by atoms with E-state index in [1.54, 1.807) is 6.92 Å². The van der Waals surface area contributed by atoms with Crippen LogP contribution in [0.1, 0.15) is 26.7 Å². The highest BCUT2D eigenvalue weighted by Gasteiger charge is 2.30. The molecule has 4 N–H and O–H groups in total. The third-order valence-electron chi connectivity index (χ3n) is 2.57. The Labute approximate surface area is 83.4 Å². The standard InChI is InChI=1S/C9H17N3O2/c1-3-9(2,10)8(14)12-6-4-7(13)11-5-6/h6H,3-5,10H2,1-2H3,(H,11,13)(H,12,14). The quantitative estimate of drug-likeness (QED) is 0.552. The first-order chi connectivity index (χ1) is 6.45. The van der Waals surface area contributed by atoms with E-state index in [0.717, 1.165) is 0 Å². The van der Waals surface area contributed by atoms with Crippen molar-refractivity contribution in [2.75, 3.05) is 6.54 Å². The van der Waals surface area contributed by atoms with E-state index >= 15 is 0 Å². The molecule has 0 aromatic heterocycles. The second kappa shape index (κ2) is 3.96. The Hall–Kier alpha value is -1.10. The number of carbonyl (C=O) groups is 2. The number of carbonyl (C=O) groups excluding carboxylic acids is 2. The van der Waals surface area contributed by atoms with Crippen LogP contribution in [0.15, 0.2) is 0 Å². The van der Waals surface area contributed by atoms with Crippen LogP contribution in [0, 0.1) is 0 Å². The number of rotatable bonds is 3. The largest absolute Gasteiger partial charge is 0.354 e. The number of nitrogens with one attached hydrogen (secondary N) is 2. The van der Waals surface area contributed by atoms with Gasteiger partial charge in [0, 0.05) is 13.0 Å². The fraction of sp³-hybridized carbons (Fsp3) is 0.778. The molecule has 0 aromatic rings. The van der Waals surface area contributed by atoms with Gasteiger partial charge < -0.3 is 16.4 Å². The summed E-state index contributed by atoms with van der Waals surface area (Å²) in [6.07, 6.45) is 0.929. The van der Waals surface area contributed by atoms with Crippen molar-refractivity contribution in [3.8, 4) is 0 Å². The number of amides is 2. The molecule has 2 amide bonds. The predicted octanol–water partition coefficient (Wildman–Crippen LogP) is -0.881. The van der Waals surface area contributed by atoms with Gasteiger partial charge in [-0.25, -0.2) is 0 Å². The van der Waals surface area contributed by atoms with E-state index < -0.39 is 5.54 Å². The minimum atomic E-state index is -0.842. The molecule has 5 heteroatoms. The molecule has 0 saturated carbocycles. The first kappa shape index (κ1) is 11.0. The predicted molar refractivity (Wildman–Crippen MR) is 52.4 cm³/mol. The minimum Gasteiger partial charge on any atom is -0.354 e. The lowest BCUT2D eigenvalue weighted by Gasteiger charge is -2.23. The Morgan fingerprint density at radius 2 is 2.43 bits per heavy atom. The average Bonchev–Trinajstić information content (AvgIpc) is 2.51. The van der Waals surface area contributed by atoms with E-state index in [1.807, 2.05) is 6.92 Å². The van der Waals surface area contributed by atoms with Gasteiger partial charge in [-0.1, -0.05) is 6.92 Å². The van der Waals surface area contributed by atoms with Crippen molar-refractivity contribution in [3.05, 3.63) is 0 Å². The molecular weight excluding hydrogens is 182 g/mol. The Bertz CT molecular complexity index is 250.